The maximum Gasteiger partial charge on any atom is 0.315 e. The summed E-state index contributed by atoms with van der Waals surface area (Å²) in [6.45, 7) is 7.39. The topological polar surface area (TPSA) is 62.8 Å². The SMILES string of the molecule is CC(NC(=O)NCc1cccc(OCCN2CCOCC2)c1)c1ccc(Cl)s1. The van der Waals surface area contributed by atoms with Crippen molar-refractivity contribution in [1.29, 1.82) is 0 Å². The molecule has 0 spiro atoms. The second-order valence-electron chi connectivity index (χ2n) is 6.64. The van der Waals surface area contributed by atoms with Crippen LogP contribution >= 0.6 is 22.9 Å². The number of carbonyl (C=O) groups excluding carboxylic acids is 1. The molecule has 2 amide bonds. The highest BCUT2D eigenvalue weighted by Crippen LogP contribution is 2.26. The van der Waals surface area contributed by atoms with Gasteiger partial charge in [0.2, 0.25) is 0 Å². The summed E-state index contributed by atoms with van der Waals surface area (Å²) >= 11 is 7.42. The van der Waals surface area contributed by atoms with Crippen LogP contribution in [0.15, 0.2) is 36.4 Å². The van der Waals surface area contributed by atoms with Gasteiger partial charge in [-0.25, -0.2) is 4.79 Å². The first kappa shape index (κ1) is 20.9. The van der Waals surface area contributed by atoms with Crippen molar-refractivity contribution >= 4 is 29.0 Å². The van der Waals surface area contributed by atoms with Crippen molar-refractivity contribution in [2.45, 2.75) is 19.5 Å². The summed E-state index contributed by atoms with van der Waals surface area (Å²) in [5.74, 6) is 0.814. The molecule has 152 valence electrons. The average molecular weight is 424 g/mol. The minimum absolute atomic E-state index is 0.0904. The lowest BCUT2D eigenvalue weighted by Crippen LogP contribution is -2.38. The summed E-state index contributed by atoms with van der Waals surface area (Å²) in [6.07, 6.45) is 0. The number of amides is 2. The molecule has 1 aromatic heterocycles. The number of rotatable bonds is 8. The molecule has 2 heterocycles. The van der Waals surface area contributed by atoms with E-state index in [4.69, 9.17) is 21.1 Å². The van der Waals surface area contributed by atoms with Crippen molar-refractivity contribution in [2.75, 3.05) is 39.5 Å². The number of hydrogen-bond acceptors (Lipinski definition) is 5. The fourth-order valence-electron chi connectivity index (χ4n) is 2.92. The van der Waals surface area contributed by atoms with Gasteiger partial charge in [0.05, 0.1) is 23.6 Å². The molecule has 28 heavy (non-hydrogen) atoms. The summed E-state index contributed by atoms with van der Waals surface area (Å²) < 4.78 is 11.9. The highest BCUT2D eigenvalue weighted by atomic mass is 35.5. The molecule has 2 N–H and O–H groups in total. The minimum Gasteiger partial charge on any atom is -0.492 e. The molecule has 0 radical (unpaired) electrons. The number of nitrogens with one attached hydrogen (secondary N) is 2. The fourth-order valence-corrected chi connectivity index (χ4v) is 3.99. The second-order valence-corrected chi connectivity index (χ2v) is 8.39. The highest BCUT2D eigenvalue weighted by molar-refractivity contribution is 7.16. The first-order valence-electron chi connectivity index (χ1n) is 9.41. The van der Waals surface area contributed by atoms with Gasteiger partial charge in [-0.15, -0.1) is 11.3 Å². The molecule has 6 nitrogen and oxygen atoms in total. The van der Waals surface area contributed by atoms with Crippen molar-refractivity contribution in [3.05, 3.63) is 51.2 Å². The summed E-state index contributed by atoms with van der Waals surface area (Å²) in [7, 11) is 0. The van der Waals surface area contributed by atoms with Crippen molar-refractivity contribution in [3.63, 3.8) is 0 Å². The van der Waals surface area contributed by atoms with Crippen molar-refractivity contribution < 1.29 is 14.3 Å². The Morgan fingerprint density at radius 1 is 1.32 bits per heavy atom. The van der Waals surface area contributed by atoms with Crippen LogP contribution in [0.3, 0.4) is 0 Å². The van der Waals surface area contributed by atoms with E-state index in [9.17, 15) is 4.79 Å². The van der Waals surface area contributed by atoms with Crippen molar-refractivity contribution in [3.8, 4) is 5.75 Å². The van der Waals surface area contributed by atoms with Gasteiger partial charge in [0.15, 0.2) is 0 Å². The van der Waals surface area contributed by atoms with Gasteiger partial charge in [0.25, 0.3) is 0 Å². The largest absolute Gasteiger partial charge is 0.492 e. The van der Waals surface area contributed by atoms with Gasteiger partial charge in [-0.1, -0.05) is 23.7 Å². The van der Waals surface area contributed by atoms with Crippen LogP contribution in [-0.2, 0) is 11.3 Å². The van der Waals surface area contributed by atoms with Crippen LogP contribution in [0.4, 0.5) is 4.79 Å². The molecule has 1 atom stereocenters. The van der Waals surface area contributed by atoms with Crippen LogP contribution in [0.5, 0.6) is 5.75 Å². The lowest BCUT2D eigenvalue weighted by Gasteiger charge is -2.26. The lowest BCUT2D eigenvalue weighted by atomic mass is 10.2. The predicted octanol–water partition coefficient (Wildman–Crippen LogP) is 3.67. The molecule has 8 heteroatoms. The predicted molar refractivity (Wildman–Crippen MR) is 112 cm³/mol. The van der Waals surface area contributed by atoms with Crippen LogP contribution in [-0.4, -0.2) is 50.4 Å². The Hall–Kier alpha value is -1.80. The number of hydrogen-bond donors (Lipinski definition) is 2. The second kappa shape index (κ2) is 10.7. The van der Waals surface area contributed by atoms with Gasteiger partial charge in [-0.2, -0.15) is 0 Å². The number of carbonyl (C=O) groups is 1. The van der Waals surface area contributed by atoms with Gasteiger partial charge in [-0.05, 0) is 36.8 Å². The van der Waals surface area contributed by atoms with E-state index in [2.05, 4.69) is 15.5 Å². The molecular formula is C20H26ClN3O3S. The van der Waals surface area contributed by atoms with Crippen LogP contribution in [0.25, 0.3) is 0 Å². The zero-order chi connectivity index (χ0) is 19.8. The lowest BCUT2D eigenvalue weighted by molar-refractivity contribution is 0.0322. The maximum absolute atomic E-state index is 12.1. The number of thiophene rings is 1. The number of nitrogens with zero attached hydrogens (tertiary/aromatic N) is 1. The molecule has 0 saturated carbocycles. The first-order valence-corrected chi connectivity index (χ1v) is 10.6. The summed E-state index contributed by atoms with van der Waals surface area (Å²) in [6, 6.07) is 11.3. The molecule has 1 aliphatic rings. The van der Waals surface area contributed by atoms with E-state index >= 15 is 0 Å². The van der Waals surface area contributed by atoms with E-state index in [0.717, 1.165) is 53.4 Å². The van der Waals surface area contributed by atoms with E-state index in [1.165, 1.54) is 11.3 Å². The normalized spacial score (nSPS) is 15.8. The number of urea groups is 1. The monoisotopic (exact) mass is 423 g/mol. The van der Waals surface area contributed by atoms with Gasteiger partial charge in [0, 0.05) is 31.1 Å². The van der Waals surface area contributed by atoms with Crippen LogP contribution in [0, 0.1) is 0 Å². The molecule has 1 fully saturated rings. The zero-order valence-corrected chi connectivity index (χ0v) is 17.5. The molecule has 1 aromatic carbocycles. The summed E-state index contributed by atoms with van der Waals surface area (Å²) in [5, 5.41) is 5.81. The zero-order valence-electron chi connectivity index (χ0n) is 15.9. The van der Waals surface area contributed by atoms with E-state index in [1.54, 1.807) is 0 Å². The smallest absolute Gasteiger partial charge is 0.315 e. The molecule has 1 saturated heterocycles. The molecule has 0 aliphatic carbocycles. The first-order chi connectivity index (χ1) is 13.6. The van der Waals surface area contributed by atoms with Crippen LogP contribution in [0.2, 0.25) is 4.34 Å². The Morgan fingerprint density at radius 2 is 2.14 bits per heavy atom. The standard InChI is InChI=1S/C20H26ClN3O3S/c1-15(18-5-6-19(21)28-18)23-20(25)22-14-16-3-2-4-17(13-16)27-12-9-24-7-10-26-11-8-24/h2-6,13,15H,7-12,14H2,1H3,(H2,22,23,25). The Bertz CT molecular complexity index is 765. The Balaban J connectivity index is 1.40. The van der Waals surface area contributed by atoms with E-state index in [0.29, 0.717) is 13.2 Å². The molecular weight excluding hydrogens is 398 g/mol. The van der Waals surface area contributed by atoms with Gasteiger partial charge in [0.1, 0.15) is 12.4 Å². The summed E-state index contributed by atoms with van der Waals surface area (Å²) in [5.41, 5.74) is 0.992. The minimum atomic E-state index is -0.212. The van der Waals surface area contributed by atoms with Gasteiger partial charge < -0.3 is 20.1 Å². The van der Waals surface area contributed by atoms with Crippen molar-refractivity contribution in [1.82, 2.24) is 15.5 Å². The quantitative estimate of drug-likeness (QED) is 0.680. The fraction of sp³-hybridized carbons (Fsp3) is 0.450. The maximum atomic E-state index is 12.1. The molecule has 2 aromatic rings. The van der Waals surface area contributed by atoms with Crippen LogP contribution < -0.4 is 15.4 Å². The molecule has 1 unspecified atom stereocenters. The third-order valence-corrected chi connectivity index (χ3v) is 5.91. The number of ether oxygens (including phenoxy) is 2. The number of benzene rings is 1. The third-order valence-electron chi connectivity index (χ3n) is 4.50. The Kier molecular flexibility index (Phi) is 7.97. The van der Waals surface area contributed by atoms with Gasteiger partial charge in [-0.3, -0.25) is 4.90 Å². The van der Waals surface area contributed by atoms with E-state index < -0.39 is 0 Å². The number of halogens is 1. The van der Waals surface area contributed by atoms with E-state index in [1.807, 2.05) is 43.3 Å². The average Bonchev–Trinajstić information content (AvgIpc) is 3.14. The number of morpholine rings is 1. The Morgan fingerprint density at radius 3 is 2.89 bits per heavy atom. The van der Waals surface area contributed by atoms with Crippen molar-refractivity contribution in [2.24, 2.45) is 0 Å². The van der Waals surface area contributed by atoms with Gasteiger partial charge >= 0.3 is 6.03 Å². The summed E-state index contributed by atoms with van der Waals surface area (Å²) in [4.78, 5) is 15.5. The van der Waals surface area contributed by atoms with E-state index in [-0.39, 0.29) is 12.1 Å². The molecule has 1 aliphatic heterocycles. The van der Waals surface area contributed by atoms with Crippen LogP contribution in [0.1, 0.15) is 23.4 Å². The molecule has 3 rings (SSSR count). The third kappa shape index (κ3) is 6.67. The Labute approximate surface area is 174 Å². The highest BCUT2D eigenvalue weighted by Gasteiger charge is 2.12. The molecule has 0 bridgehead atoms.